The molecule has 0 unspecified atom stereocenters. The average Bonchev–Trinajstić information content (AvgIpc) is 2.46. The van der Waals surface area contributed by atoms with Gasteiger partial charge in [0.2, 0.25) is 0 Å². The van der Waals surface area contributed by atoms with Crippen LogP contribution in [0, 0.1) is 0 Å². The quantitative estimate of drug-likeness (QED) is 0.706. The van der Waals surface area contributed by atoms with Crippen LogP contribution >= 0.6 is 11.6 Å². The first-order valence-corrected chi connectivity index (χ1v) is 6.70. The van der Waals surface area contributed by atoms with Crippen molar-refractivity contribution in [1.82, 2.24) is 4.98 Å². The zero-order valence-electron chi connectivity index (χ0n) is 10.8. The van der Waals surface area contributed by atoms with E-state index < -0.39 is 0 Å². The third-order valence-corrected chi connectivity index (χ3v) is 3.65. The van der Waals surface area contributed by atoms with Crippen molar-refractivity contribution < 1.29 is 0 Å². The van der Waals surface area contributed by atoms with Crippen LogP contribution in [0.1, 0.15) is 11.1 Å². The molecule has 0 aliphatic rings. The van der Waals surface area contributed by atoms with Gasteiger partial charge in [-0.15, -0.1) is 0 Å². The first kappa shape index (κ1) is 12.8. The minimum absolute atomic E-state index is 0.256. The minimum Gasteiger partial charge on any atom is -0.396 e. The third-order valence-electron chi connectivity index (χ3n) is 3.37. The average molecular weight is 284 g/mol. The highest BCUT2D eigenvalue weighted by atomic mass is 35.5. The predicted octanol–water partition coefficient (Wildman–Crippen LogP) is 3.64. The molecule has 2 aromatic carbocycles. The van der Waals surface area contributed by atoms with Crippen LogP contribution in [0.4, 0.5) is 11.4 Å². The molecule has 0 fully saturated rings. The first-order chi connectivity index (χ1) is 9.66. The van der Waals surface area contributed by atoms with Crippen molar-refractivity contribution >= 4 is 33.9 Å². The molecule has 100 valence electrons. The van der Waals surface area contributed by atoms with Crippen LogP contribution in [-0.2, 0) is 6.42 Å². The van der Waals surface area contributed by atoms with Gasteiger partial charge in [-0.2, -0.15) is 0 Å². The standard InChI is InChI=1S/C16H14ClN3/c17-16-15(19)14(18)13-11(7-4-8-12(13)20-16)9-10-5-2-1-3-6-10/h1-8H,9,19H2,(H2,18,20). The van der Waals surface area contributed by atoms with Gasteiger partial charge < -0.3 is 11.5 Å². The number of nitrogens with zero attached hydrogens (tertiary/aromatic N) is 1. The van der Waals surface area contributed by atoms with Gasteiger partial charge in [0.1, 0.15) is 0 Å². The number of nitrogen functional groups attached to an aromatic ring is 2. The third kappa shape index (κ3) is 2.17. The van der Waals surface area contributed by atoms with Gasteiger partial charge in [-0.1, -0.05) is 54.1 Å². The second kappa shape index (κ2) is 5.02. The lowest BCUT2D eigenvalue weighted by atomic mass is 9.99. The maximum atomic E-state index is 6.12. The summed E-state index contributed by atoms with van der Waals surface area (Å²) in [4.78, 5) is 4.30. The van der Waals surface area contributed by atoms with Crippen molar-refractivity contribution in [3.8, 4) is 0 Å². The molecule has 4 N–H and O–H groups in total. The number of pyridine rings is 1. The monoisotopic (exact) mass is 283 g/mol. The summed E-state index contributed by atoms with van der Waals surface area (Å²) in [6, 6.07) is 16.1. The highest BCUT2D eigenvalue weighted by Crippen LogP contribution is 2.33. The topological polar surface area (TPSA) is 64.9 Å². The molecule has 20 heavy (non-hydrogen) atoms. The fourth-order valence-corrected chi connectivity index (χ4v) is 2.56. The molecule has 0 saturated carbocycles. The number of hydrogen-bond acceptors (Lipinski definition) is 3. The van der Waals surface area contributed by atoms with E-state index >= 15 is 0 Å². The van der Waals surface area contributed by atoms with E-state index in [1.54, 1.807) is 0 Å². The molecule has 3 rings (SSSR count). The normalized spacial score (nSPS) is 10.8. The summed E-state index contributed by atoms with van der Waals surface area (Å²) in [6.07, 6.45) is 0.783. The van der Waals surface area contributed by atoms with Gasteiger partial charge in [-0.25, -0.2) is 4.98 Å². The number of nitrogens with two attached hydrogens (primary N) is 2. The molecule has 3 aromatic rings. The van der Waals surface area contributed by atoms with Gasteiger partial charge in [0.05, 0.1) is 16.9 Å². The Morgan fingerprint density at radius 3 is 2.40 bits per heavy atom. The van der Waals surface area contributed by atoms with Gasteiger partial charge in [-0.05, 0) is 23.6 Å². The molecule has 1 heterocycles. The molecular formula is C16H14ClN3. The molecule has 0 aliphatic carbocycles. The first-order valence-electron chi connectivity index (χ1n) is 6.33. The zero-order chi connectivity index (χ0) is 14.1. The van der Waals surface area contributed by atoms with Crippen LogP contribution in [0.15, 0.2) is 48.5 Å². The molecule has 0 bridgehead atoms. The van der Waals surface area contributed by atoms with Crippen molar-refractivity contribution in [3.63, 3.8) is 0 Å². The molecule has 1 aromatic heterocycles. The Morgan fingerprint density at radius 2 is 1.65 bits per heavy atom. The van der Waals surface area contributed by atoms with Crippen LogP contribution in [-0.4, -0.2) is 4.98 Å². The molecule has 4 heteroatoms. The van der Waals surface area contributed by atoms with Crippen molar-refractivity contribution in [2.75, 3.05) is 11.5 Å². The second-order valence-corrected chi connectivity index (χ2v) is 5.06. The summed E-state index contributed by atoms with van der Waals surface area (Å²) in [6.45, 7) is 0. The number of fused-ring (bicyclic) bond motifs is 1. The molecule has 3 nitrogen and oxygen atoms in total. The summed E-state index contributed by atoms with van der Waals surface area (Å²) < 4.78 is 0. The van der Waals surface area contributed by atoms with E-state index in [4.69, 9.17) is 23.1 Å². The highest BCUT2D eigenvalue weighted by molar-refractivity contribution is 6.33. The largest absolute Gasteiger partial charge is 0.396 e. The van der Waals surface area contributed by atoms with Gasteiger partial charge in [0.15, 0.2) is 5.15 Å². The van der Waals surface area contributed by atoms with Crippen LogP contribution in [0.3, 0.4) is 0 Å². The Hall–Kier alpha value is -2.26. The summed E-state index contributed by atoms with van der Waals surface area (Å²) in [7, 11) is 0. The lowest BCUT2D eigenvalue weighted by Crippen LogP contribution is -2.01. The SMILES string of the molecule is Nc1c(Cl)nc2cccc(Cc3ccccc3)c2c1N. The predicted molar refractivity (Wildman–Crippen MR) is 84.8 cm³/mol. The van der Waals surface area contributed by atoms with E-state index in [1.165, 1.54) is 5.56 Å². The molecule has 0 aliphatic heterocycles. The fourth-order valence-electron chi connectivity index (χ4n) is 2.37. The van der Waals surface area contributed by atoms with Crippen molar-refractivity contribution in [2.45, 2.75) is 6.42 Å². The summed E-state index contributed by atoms with van der Waals surface area (Å²) in [5.41, 5.74) is 16.0. The molecule has 0 saturated heterocycles. The highest BCUT2D eigenvalue weighted by Gasteiger charge is 2.12. The van der Waals surface area contributed by atoms with Crippen LogP contribution in [0.25, 0.3) is 10.9 Å². The summed E-state index contributed by atoms with van der Waals surface area (Å²) >= 11 is 5.99. The van der Waals surface area contributed by atoms with E-state index in [0.29, 0.717) is 11.4 Å². The zero-order valence-corrected chi connectivity index (χ0v) is 11.6. The van der Waals surface area contributed by atoms with Crippen molar-refractivity contribution in [1.29, 1.82) is 0 Å². The Morgan fingerprint density at radius 1 is 0.900 bits per heavy atom. The number of rotatable bonds is 2. The molecular weight excluding hydrogens is 270 g/mol. The number of benzene rings is 2. The summed E-state index contributed by atoms with van der Waals surface area (Å²) in [5, 5.41) is 1.14. The molecule has 0 atom stereocenters. The molecule has 0 amide bonds. The van der Waals surface area contributed by atoms with Gasteiger partial charge in [-0.3, -0.25) is 0 Å². The number of anilines is 2. The van der Waals surface area contributed by atoms with E-state index in [-0.39, 0.29) is 5.15 Å². The number of hydrogen-bond donors (Lipinski definition) is 2. The maximum absolute atomic E-state index is 6.12. The van der Waals surface area contributed by atoms with Gasteiger partial charge in [0.25, 0.3) is 0 Å². The smallest absolute Gasteiger partial charge is 0.154 e. The van der Waals surface area contributed by atoms with E-state index in [9.17, 15) is 0 Å². The molecule has 0 radical (unpaired) electrons. The van der Waals surface area contributed by atoms with Crippen LogP contribution in [0.5, 0.6) is 0 Å². The maximum Gasteiger partial charge on any atom is 0.154 e. The number of aromatic nitrogens is 1. The number of halogens is 1. The molecule has 0 spiro atoms. The van der Waals surface area contributed by atoms with Crippen LogP contribution < -0.4 is 11.5 Å². The Bertz CT molecular complexity index is 770. The van der Waals surface area contributed by atoms with Gasteiger partial charge >= 0.3 is 0 Å². The summed E-state index contributed by atoms with van der Waals surface area (Å²) in [5.74, 6) is 0. The van der Waals surface area contributed by atoms with E-state index in [1.807, 2.05) is 36.4 Å². The van der Waals surface area contributed by atoms with Crippen molar-refractivity contribution in [3.05, 3.63) is 64.8 Å². The van der Waals surface area contributed by atoms with E-state index in [2.05, 4.69) is 17.1 Å². The Kier molecular flexibility index (Phi) is 3.20. The fraction of sp³-hybridized carbons (Fsp3) is 0.0625. The lowest BCUT2D eigenvalue weighted by molar-refractivity contribution is 1.21. The van der Waals surface area contributed by atoms with Crippen molar-refractivity contribution in [2.24, 2.45) is 0 Å². The van der Waals surface area contributed by atoms with Gasteiger partial charge in [0, 0.05) is 5.39 Å². The van der Waals surface area contributed by atoms with E-state index in [0.717, 1.165) is 22.9 Å². The van der Waals surface area contributed by atoms with Crippen LogP contribution in [0.2, 0.25) is 5.15 Å². The Labute approximate surface area is 122 Å². The minimum atomic E-state index is 0.256. The lowest BCUT2D eigenvalue weighted by Gasteiger charge is -2.11. The Balaban J connectivity index is 2.19. The second-order valence-electron chi connectivity index (χ2n) is 4.70.